The van der Waals surface area contributed by atoms with Crippen molar-refractivity contribution < 1.29 is 14.1 Å². The van der Waals surface area contributed by atoms with E-state index in [0.717, 1.165) is 13.1 Å². The molecular weight excluding hydrogens is 320 g/mol. The van der Waals surface area contributed by atoms with Gasteiger partial charge in [-0.3, -0.25) is 9.69 Å². The number of ether oxygens (including phenoxy) is 1. The first kappa shape index (κ1) is 17.6. The Bertz CT molecular complexity index is 714. The highest BCUT2D eigenvalue weighted by Gasteiger charge is 2.31. The summed E-state index contributed by atoms with van der Waals surface area (Å²) in [5.74, 6) is 0.756. The summed E-state index contributed by atoms with van der Waals surface area (Å²) in [7, 11) is 0. The molecule has 3 rings (SSSR count). The lowest BCUT2D eigenvalue weighted by atomic mass is 10.1. The maximum absolute atomic E-state index is 11.3. The van der Waals surface area contributed by atoms with E-state index in [9.17, 15) is 4.79 Å². The van der Waals surface area contributed by atoms with E-state index >= 15 is 0 Å². The number of hydrogen-bond donors (Lipinski definition) is 1. The molecule has 0 radical (unpaired) electrons. The Morgan fingerprint density at radius 1 is 1.36 bits per heavy atom. The molecule has 7 nitrogen and oxygen atoms in total. The topological polar surface area (TPSA) is 80.5 Å². The molecule has 134 valence electrons. The number of nitrogens with zero attached hydrogens (tertiary/aromatic N) is 3. The van der Waals surface area contributed by atoms with Crippen molar-refractivity contribution in [2.75, 3.05) is 19.7 Å². The average Bonchev–Trinajstić information content (AvgIpc) is 3.06. The van der Waals surface area contributed by atoms with Gasteiger partial charge in [0.2, 0.25) is 5.91 Å². The first-order valence-electron chi connectivity index (χ1n) is 8.45. The minimum absolute atomic E-state index is 0.140. The van der Waals surface area contributed by atoms with Crippen molar-refractivity contribution in [1.82, 2.24) is 20.4 Å². The number of amides is 1. The van der Waals surface area contributed by atoms with Crippen LogP contribution in [0.3, 0.4) is 0 Å². The summed E-state index contributed by atoms with van der Waals surface area (Å²) in [5.41, 5.74) is 0.576. The molecule has 1 saturated heterocycles. The number of benzene rings is 1. The van der Waals surface area contributed by atoms with Gasteiger partial charge in [0.15, 0.2) is 5.82 Å². The van der Waals surface area contributed by atoms with Crippen molar-refractivity contribution >= 4 is 5.91 Å². The molecule has 0 unspecified atom stereocenters. The highest BCUT2D eigenvalue weighted by atomic mass is 16.5. The van der Waals surface area contributed by atoms with E-state index in [-0.39, 0.29) is 12.0 Å². The molecule has 2 heterocycles. The number of carbonyl (C=O) groups is 1. The van der Waals surface area contributed by atoms with E-state index in [1.165, 1.54) is 12.5 Å². The van der Waals surface area contributed by atoms with Crippen LogP contribution in [0.4, 0.5) is 0 Å². The smallest absolute Gasteiger partial charge is 0.257 e. The van der Waals surface area contributed by atoms with Gasteiger partial charge in [0.1, 0.15) is 6.10 Å². The Labute approximate surface area is 147 Å². The summed E-state index contributed by atoms with van der Waals surface area (Å²) in [6, 6.07) is 10.3. The molecule has 0 spiro atoms. The second-order valence-corrected chi connectivity index (χ2v) is 6.84. The zero-order chi connectivity index (χ0) is 17.9. The number of carbonyl (C=O) groups excluding carboxylic acids is 1. The normalized spacial score (nSPS) is 18.9. The fourth-order valence-electron chi connectivity index (χ4n) is 2.95. The molecule has 1 atom stereocenters. The fourth-order valence-corrected chi connectivity index (χ4v) is 2.95. The third kappa shape index (κ3) is 4.43. The van der Waals surface area contributed by atoms with E-state index in [2.05, 4.69) is 32.5 Å². The zero-order valence-corrected chi connectivity index (χ0v) is 14.9. The van der Waals surface area contributed by atoms with Gasteiger partial charge in [-0.25, -0.2) is 0 Å². The summed E-state index contributed by atoms with van der Waals surface area (Å²) in [4.78, 5) is 18.1. The minimum atomic E-state index is -0.689. The van der Waals surface area contributed by atoms with Crippen LogP contribution in [0.5, 0.6) is 0 Å². The Kier molecular flexibility index (Phi) is 5.15. The monoisotopic (exact) mass is 344 g/mol. The molecule has 0 aliphatic carbocycles. The zero-order valence-electron chi connectivity index (χ0n) is 14.9. The summed E-state index contributed by atoms with van der Waals surface area (Å²) < 4.78 is 11.2. The Hall–Kier alpha value is -2.25. The lowest BCUT2D eigenvalue weighted by Gasteiger charge is -2.31. The quantitative estimate of drug-likeness (QED) is 0.894. The predicted molar refractivity (Wildman–Crippen MR) is 91.6 cm³/mol. The van der Waals surface area contributed by atoms with Gasteiger partial charge in [-0.2, -0.15) is 4.98 Å². The Morgan fingerprint density at radius 3 is 2.84 bits per heavy atom. The molecule has 1 amide bonds. The summed E-state index contributed by atoms with van der Waals surface area (Å²) >= 11 is 0. The largest absolute Gasteiger partial charge is 0.366 e. The molecule has 7 heteroatoms. The van der Waals surface area contributed by atoms with Crippen molar-refractivity contribution in [1.29, 1.82) is 0 Å². The third-order valence-corrected chi connectivity index (χ3v) is 4.16. The highest BCUT2D eigenvalue weighted by molar-refractivity contribution is 5.73. The van der Waals surface area contributed by atoms with Crippen LogP contribution in [0.15, 0.2) is 34.9 Å². The van der Waals surface area contributed by atoms with Gasteiger partial charge in [-0.05, 0) is 19.4 Å². The lowest BCUT2D eigenvalue weighted by molar-refractivity contribution is -0.120. The standard InChI is InChI=1S/C18H24N4O3/c1-13(23)20-18(2,3)17-19-16(25-21-17)15-12-22(9-10-24-15)11-14-7-5-4-6-8-14/h4-8,15H,9-12H2,1-3H3,(H,20,23)/t15-/m1/s1. The van der Waals surface area contributed by atoms with Crippen molar-refractivity contribution in [2.24, 2.45) is 0 Å². The van der Waals surface area contributed by atoms with Gasteiger partial charge in [0.25, 0.3) is 5.89 Å². The van der Waals surface area contributed by atoms with Crippen LogP contribution in [0, 0.1) is 0 Å². The van der Waals surface area contributed by atoms with Gasteiger partial charge in [-0.1, -0.05) is 35.5 Å². The number of nitrogens with one attached hydrogen (secondary N) is 1. The summed E-state index contributed by atoms with van der Waals surface area (Å²) in [6.45, 7) is 8.18. The Morgan fingerprint density at radius 2 is 2.12 bits per heavy atom. The van der Waals surface area contributed by atoms with Crippen LogP contribution in [0.25, 0.3) is 0 Å². The van der Waals surface area contributed by atoms with Crippen LogP contribution in [-0.2, 0) is 21.6 Å². The first-order chi connectivity index (χ1) is 11.9. The van der Waals surface area contributed by atoms with Crippen LogP contribution >= 0.6 is 0 Å². The number of hydrogen-bond acceptors (Lipinski definition) is 6. The minimum Gasteiger partial charge on any atom is -0.366 e. The van der Waals surface area contributed by atoms with Crippen LogP contribution in [0.2, 0.25) is 0 Å². The van der Waals surface area contributed by atoms with Gasteiger partial charge in [0.05, 0.1) is 12.1 Å². The molecule has 1 aliphatic rings. The molecule has 1 aromatic carbocycles. The fraction of sp³-hybridized carbons (Fsp3) is 0.500. The number of morpholine rings is 1. The predicted octanol–water partition coefficient (Wildman–Crippen LogP) is 2.01. The van der Waals surface area contributed by atoms with Gasteiger partial charge in [-0.15, -0.1) is 0 Å². The van der Waals surface area contributed by atoms with E-state index in [1.54, 1.807) is 0 Å². The van der Waals surface area contributed by atoms with Gasteiger partial charge < -0.3 is 14.6 Å². The van der Waals surface area contributed by atoms with Crippen LogP contribution in [-0.4, -0.2) is 40.6 Å². The van der Waals surface area contributed by atoms with Gasteiger partial charge in [0, 0.05) is 26.6 Å². The van der Waals surface area contributed by atoms with Crippen molar-refractivity contribution in [3.8, 4) is 0 Å². The SMILES string of the molecule is CC(=O)NC(C)(C)c1noc([C@H]2CN(Cc3ccccc3)CCO2)n1. The van der Waals surface area contributed by atoms with E-state index in [0.29, 0.717) is 24.9 Å². The van der Waals surface area contributed by atoms with E-state index in [1.807, 2.05) is 32.0 Å². The summed E-state index contributed by atoms with van der Waals surface area (Å²) in [6.07, 6.45) is -0.258. The summed E-state index contributed by atoms with van der Waals surface area (Å²) in [5, 5.41) is 6.84. The van der Waals surface area contributed by atoms with E-state index in [4.69, 9.17) is 9.26 Å². The Balaban J connectivity index is 1.67. The molecule has 0 saturated carbocycles. The van der Waals surface area contributed by atoms with Crippen LogP contribution in [0.1, 0.15) is 44.2 Å². The van der Waals surface area contributed by atoms with Gasteiger partial charge >= 0.3 is 0 Å². The van der Waals surface area contributed by atoms with Crippen molar-refractivity contribution in [2.45, 2.75) is 39.0 Å². The molecule has 1 aliphatic heterocycles. The molecule has 1 fully saturated rings. The number of rotatable bonds is 5. The molecular formula is C18H24N4O3. The van der Waals surface area contributed by atoms with E-state index < -0.39 is 5.54 Å². The third-order valence-electron chi connectivity index (χ3n) is 4.16. The maximum atomic E-state index is 11.3. The molecule has 25 heavy (non-hydrogen) atoms. The molecule has 1 N–H and O–H groups in total. The average molecular weight is 344 g/mol. The molecule has 2 aromatic rings. The first-order valence-corrected chi connectivity index (χ1v) is 8.45. The molecule has 1 aromatic heterocycles. The highest BCUT2D eigenvalue weighted by Crippen LogP contribution is 2.24. The second-order valence-electron chi connectivity index (χ2n) is 6.84. The second kappa shape index (κ2) is 7.33. The maximum Gasteiger partial charge on any atom is 0.257 e. The van der Waals surface area contributed by atoms with Crippen molar-refractivity contribution in [3.63, 3.8) is 0 Å². The lowest BCUT2D eigenvalue weighted by Crippen LogP contribution is -2.40. The number of aromatic nitrogens is 2. The van der Waals surface area contributed by atoms with Crippen LogP contribution < -0.4 is 5.32 Å². The van der Waals surface area contributed by atoms with Crippen molar-refractivity contribution in [3.05, 3.63) is 47.6 Å². The molecule has 0 bridgehead atoms.